The van der Waals surface area contributed by atoms with E-state index in [1.807, 2.05) is 0 Å². The van der Waals surface area contributed by atoms with Crippen molar-refractivity contribution in [3.63, 3.8) is 0 Å². The van der Waals surface area contributed by atoms with Gasteiger partial charge in [-0.1, -0.05) is 31.2 Å². The van der Waals surface area contributed by atoms with Crippen molar-refractivity contribution in [3.05, 3.63) is 35.4 Å². The molecule has 1 fully saturated rings. The van der Waals surface area contributed by atoms with Gasteiger partial charge in [0.05, 0.1) is 0 Å². The van der Waals surface area contributed by atoms with Gasteiger partial charge in [-0.25, -0.2) is 0 Å². The molecule has 1 heterocycles. The van der Waals surface area contributed by atoms with Crippen LogP contribution >= 0.6 is 0 Å². The summed E-state index contributed by atoms with van der Waals surface area (Å²) in [6, 6.07) is 9.58. The van der Waals surface area contributed by atoms with Crippen LogP contribution in [-0.4, -0.2) is 31.1 Å². The predicted octanol–water partition coefficient (Wildman–Crippen LogP) is 2.09. The van der Waals surface area contributed by atoms with Gasteiger partial charge in [-0.3, -0.25) is 0 Å². The summed E-state index contributed by atoms with van der Waals surface area (Å²) in [6.45, 7) is 4.40. The van der Waals surface area contributed by atoms with E-state index in [2.05, 4.69) is 43.1 Å². The second-order valence-electron chi connectivity index (χ2n) is 5.99. The van der Waals surface area contributed by atoms with E-state index >= 15 is 0 Å². The van der Waals surface area contributed by atoms with Crippen molar-refractivity contribution in [2.75, 3.05) is 20.1 Å². The second kappa shape index (κ2) is 3.82. The molecule has 2 aliphatic rings. The van der Waals surface area contributed by atoms with E-state index in [4.69, 9.17) is 5.73 Å². The summed E-state index contributed by atoms with van der Waals surface area (Å²) >= 11 is 0. The number of benzene rings is 1. The summed E-state index contributed by atoms with van der Waals surface area (Å²) in [7, 11) is 2.25. The van der Waals surface area contributed by atoms with Crippen molar-refractivity contribution in [1.29, 1.82) is 0 Å². The predicted molar refractivity (Wildman–Crippen MR) is 71.2 cm³/mol. The first-order valence-electron chi connectivity index (χ1n) is 6.65. The summed E-state index contributed by atoms with van der Waals surface area (Å²) in [4.78, 5) is 2.51. The summed E-state index contributed by atoms with van der Waals surface area (Å²) in [6.07, 6.45) is 2.54. The van der Waals surface area contributed by atoms with Gasteiger partial charge in [0.15, 0.2) is 0 Å². The average Bonchev–Trinajstić information content (AvgIpc) is 2.35. The number of hydrogen-bond acceptors (Lipinski definition) is 2. The van der Waals surface area contributed by atoms with Crippen LogP contribution in [0.5, 0.6) is 0 Å². The molecule has 0 aromatic heterocycles. The molecule has 1 aromatic carbocycles. The molecule has 1 saturated heterocycles. The summed E-state index contributed by atoms with van der Waals surface area (Å²) in [5, 5.41) is 0. The lowest BCUT2D eigenvalue weighted by atomic mass is 9.61. The summed E-state index contributed by atoms with van der Waals surface area (Å²) < 4.78 is 0. The van der Waals surface area contributed by atoms with Gasteiger partial charge in [0, 0.05) is 18.5 Å². The average molecular weight is 230 g/mol. The third-order valence-electron chi connectivity index (χ3n) is 4.97. The van der Waals surface area contributed by atoms with Gasteiger partial charge in [-0.15, -0.1) is 0 Å². The Bertz CT molecular complexity index is 429. The molecule has 0 radical (unpaired) electrons. The molecule has 1 aromatic rings. The molecule has 0 spiro atoms. The Morgan fingerprint density at radius 1 is 1.41 bits per heavy atom. The maximum absolute atomic E-state index is 6.03. The van der Waals surface area contributed by atoms with Crippen LogP contribution in [0.4, 0.5) is 0 Å². The molecule has 3 rings (SSSR count). The van der Waals surface area contributed by atoms with Crippen LogP contribution in [0.1, 0.15) is 36.8 Å². The number of fused-ring (bicyclic) bond motifs is 4. The van der Waals surface area contributed by atoms with Crippen LogP contribution in [0.25, 0.3) is 0 Å². The van der Waals surface area contributed by atoms with E-state index in [0.29, 0.717) is 17.4 Å². The zero-order valence-corrected chi connectivity index (χ0v) is 10.8. The van der Waals surface area contributed by atoms with Gasteiger partial charge in [0.2, 0.25) is 0 Å². The van der Waals surface area contributed by atoms with Crippen molar-refractivity contribution >= 4 is 0 Å². The van der Waals surface area contributed by atoms with Gasteiger partial charge in [0.25, 0.3) is 0 Å². The molecule has 2 N–H and O–H groups in total. The van der Waals surface area contributed by atoms with Gasteiger partial charge >= 0.3 is 0 Å². The molecular formula is C15H22N2. The molecule has 17 heavy (non-hydrogen) atoms. The minimum atomic E-state index is 0.374. The highest BCUT2D eigenvalue weighted by Gasteiger charge is 2.45. The quantitative estimate of drug-likeness (QED) is 0.800. The minimum absolute atomic E-state index is 0.374. The maximum atomic E-state index is 6.03. The largest absolute Gasteiger partial charge is 0.330 e. The van der Waals surface area contributed by atoms with Crippen molar-refractivity contribution < 1.29 is 0 Å². The van der Waals surface area contributed by atoms with E-state index in [0.717, 1.165) is 6.54 Å². The van der Waals surface area contributed by atoms with Crippen molar-refractivity contribution in [3.8, 4) is 0 Å². The van der Waals surface area contributed by atoms with Gasteiger partial charge in [-0.2, -0.15) is 0 Å². The monoisotopic (exact) mass is 230 g/mol. The van der Waals surface area contributed by atoms with Gasteiger partial charge < -0.3 is 10.6 Å². The number of hydrogen-bond donors (Lipinski definition) is 1. The Morgan fingerprint density at radius 3 is 2.94 bits per heavy atom. The molecule has 0 amide bonds. The van der Waals surface area contributed by atoms with Gasteiger partial charge in [0.1, 0.15) is 0 Å². The number of likely N-dealkylation sites (N-methyl/N-ethyl adjacent to an activating group) is 1. The number of nitrogens with two attached hydrogens (primary N) is 1. The fraction of sp³-hybridized carbons (Fsp3) is 0.600. The zero-order valence-electron chi connectivity index (χ0n) is 10.8. The molecule has 2 heteroatoms. The normalized spacial score (nSPS) is 36.6. The topological polar surface area (TPSA) is 29.3 Å². The second-order valence-corrected chi connectivity index (χ2v) is 5.99. The van der Waals surface area contributed by atoms with Crippen LogP contribution in [-0.2, 0) is 5.41 Å². The lowest BCUT2D eigenvalue weighted by Crippen LogP contribution is -2.53. The molecule has 1 aliphatic heterocycles. The number of rotatable bonds is 1. The summed E-state index contributed by atoms with van der Waals surface area (Å²) in [5.41, 5.74) is 9.46. The third kappa shape index (κ3) is 1.54. The molecule has 1 aliphatic carbocycles. The van der Waals surface area contributed by atoms with Crippen molar-refractivity contribution in [1.82, 2.24) is 4.90 Å². The Labute approximate surface area is 104 Å². The summed E-state index contributed by atoms with van der Waals surface area (Å²) in [5.74, 6) is 0.518. The van der Waals surface area contributed by atoms with Crippen LogP contribution in [0.3, 0.4) is 0 Å². The standard InChI is InChI=1S/C15H22N2/c1-15-7-8-17(2)14(9-15)12(10-16)11-5-3-4-6-13(11)15/h3-6,12,14H,7-10,16H2,1-2H3/t12-,14?,15?/m0/s1. The number of likely N-dealkylation sites (tertiary alicyclic amines) is 1. The molecule has 2 unspecified atom stereocenters. The lowest BCUT2D eigenvalue weighted by Gasteiger charge is -2.52. The molecular weight excluding hydrogens is 208 g/mol. The molecule has 92 valence electrons. The highest BCUT2D eigenvalue weighted by molar-refractivity contribution is 5.41. The Morgan fingerprint density at radius 2 is 2.18 bits per heavy atom. The van der Waals surface area contributed by atoms with Crippen molar-refractivity contribution in [2.45, 2.75) is 37.1 Å². The SMILES string of the molecule is CN1CCC2(C)CC1[C@@H](CN)c1ccccc12. The highest BCUT2D eigenvalue weighted by Crippen LogP contribution is 2.48. The zero-order chi connectivity index (χ0) is 12.0. The van der Waals surface area contributed by atoms with Crippen LogP contribution in [0.15, 0.2) is 24.3 Å². The highest BCUT2D eigenvalue weighted by atomic mass is 15.1. The van der Waals surface area contributed by atoms with Crippen LogP contribution < -0.4 is 5.73 Å². The van der Waals surface area contributed by atoms with Crippen LogP contribution in [0, 0.1) is 0 Å². The van der Waals surface area contributed by atoms with Gasteiger partial charge in [-0.05, 0) is 43.0 Å². The molecule has 2 bridgehead atoms. The first-order valence-corrected chi connectivity index (χ1v) is 6.65. The fourth-order valence-corrected chi connectivity index (χ4v) is 3.86. The number of piperidine rings is 1. The Kier molecular flexibility index (Phi) is 2.53. The molecule has 3 atom stereocenters. The first kappa shape index (κ1) is 11.2. The Hall–Kier alpha value is -0.860. The van der Waals surface area contributed by atoms with E-state index in [9.17, 15) is 0 Å². The van der Waals surface area contributed by atoms with E-state index < -0.39 is 0 Å². The van der Waals surface area contributed by atoms with E-state index in [1.165, 1.54) is 24.9 Å². The smallest absolute Gasteiger partial charge is 0.0182 e. The number of nitrogens with zero attached hydrogens (tertiary/aromatic N) is 1. The first-order chi connectivity index (χ1) is 8.15. The minimum Gasteiger partial charge on any atom is -0.330 e. The van der Waals surface area contributed by atoms with E-state index in [-0.39, 0.29) is 0 Å². The molecule has 0 saturated carbocycles. The Balaban J connectivity index is 2.15. The third-order valence-corrected chi connectivity index (χ3v) is 4.97. The maximum Gasteiger partial charge on any atom is 0.0182 e. The van der Waals surface area contributed by atoms with Crippen LogP contribution in [0.2, 0.25) is 0 Å². The molecule has 2 nitrogen and oxygen atoms in total. The lowest BCUT2D eigenvalue weighted by molar-refractivity contribution is 0.0926. The van der Waals surface area contributed by atoms with Crippen molar-refractivity contribution in [2.24, 2.45) is 5.73 Å². The van der Waals surface area contributed by atoms with E-state index in [1.54, 1.807) is 5.56 Å². The fourth-order valence-electron chi connectivity index (χ4n) is 3.86.